The minimum atomic E-state index is -3.16. The van der Waals surface area contributed by atoms with Crippen LogP contribution in [-0.2, 0) is 9.84 Å². The molecule has 6 heteroatoms. The van der Waals surface area contributed by atoms with E-state index in [1.54, 1.807) is 24.3 Å². The molecule has 4 nitrogen and oxygen atoms in total. The zero-order chi connectivity index (χ0) is 14.3. The Morgan fingerprint density at radius 2 is 1.71 bits per heavy atom. The van der Waals surface area contributed by atoms with Gasteiger partial charge in [0.25, 0.3) is 0 Å². The van der Waals surface area contributed by atoms with E-state index in [9.17, 15) is 8.42 Å². The summed E-state index contributed by atoms with van der Waals surface area (Å²) in [6.45, 7) is 2.02. The van der Waals surface area contributed by atoms with E-state index in [2.05, 4.69) is 4.98 Å². The highest BCUT2D eigenvalue weighted by Crippen LogP contribution is 2.21. The summed E-state index contributed by atoms with van der Waals surface area (Å²) in [6, 6.07) is 12.7. The maximum Gasteiger partial charge on any atom is 0.175 e. The molecule has 21 heavy (non-hydrogen) atoms. The molecule has 0 saturated carbocycles. The number of aromatic nitrogens is 2. The van der Waals surface area contributed by atoms with Gasteiger partial charge in [0.1, 0.15) is 5.65 Å². The smallest absolute Gasteiger partial charge is 0.175 e. The summed E-state index contributed by atoms with van der Waals surface area (Å²) < 4.78 is 24.9. The molecular weight excluding hydrogens is 308 g/mol. The maximum absolute atomic E-state index is 11.4. The lowest BCUT2D eigenvalue weighted by Gasteiger charge is -1.99. The summed E-state index contributed by atoms with van der Waals surface area (Å²) >= 11 is 0. The SMILES string of the molecule is Cc1cccc2nc(-c3ccc(S(C)(=O)=O)cc3)cn12.Cl. The first-order valence-corrected chi connectivity index (χ1v) is 8.09. The van der Waals surface area contributed by atoms with Crippen LogP contribution in [0.15, 0.2) is 53.6 Å². The molecule has 0 aliphatic carbocycles. The van der Waals surface area contributed by atoms with Crippen LogP contribution in [0.5, 0.6) is 0 Å². The number of hydrogen-bond acceptors (Lipinski definition) is 3. The zero-order valence-corrected chi connectivity index (χ0v) is 13.3. The molecule has 0 N–H and O–H groups in total. The van der Waals surface area contributed by atoms with Gasteiger partial charge < -0.3 is 4.40 Å². The van der Waals surface area contributed by atoms with Crippen molar-refractivity contribution in [3.8, 4) is 11.3 Å². The summed E-state index contributed by atoms with van der Waals surface area (Å²) in [7, 11) is -3.16. The van der Waals surface area contributed by atoms with Gasteiger partial charge in [0.2, 0.25) is 0 Å². The van der Waals surface area contributed by atoms with E-state index >= 15 is 0 Å². The van der Waals surface area contributed by atoms with Gasteiger partial charge in [0.15, 0.2) is 9.84 Å². The Bertz CT molecular complexity index is 884. The zero-order valence-electron chi connectivity index (χ0n) is 11.6. The van der Waals surface area contributed by atoms with Gasteiger partial charge in [-0.25, -0.2) is 13.4 Å². The fraction of sp³-hybridized carbons (Fsp3) is 0.133. The number of fused-ring (bicyclic) bond motifs is 1. The molecule has 0 unspecified atom stereocenters. The van der Waals surface area contributed by atoms with Gasteiger partial charge in [0, 0.05) is 23.7 Å². The number of hydrogen-bond donors (Lipinski definition) is 0. The van der Waals surface area contributed by atoms with Crippen molar-refractivity contribution >= 4 is 27.9 Å². The Morgan fingerprint density at radius 3 is 2.29 bits per heavy atom. The minimum Gasteiger partial charge on any atom is -0.304 e. The van der Waals surface area contributed by atoms with Crippen molar-refractivity contribution in [2.45, 2.75) is 11.8 Å². The highest BCUT2D eigenvalue weighted by Gasteiger charge is 2.09. The third kappa shape index (κ3) is 2.94. The first kappa shape index (κ1) is 15.5. The molecule has 0 spiro atoms. The normalized spacial score (nSPS) is 11.3. The van der Waals surface area contributed by atoms with Crippen LogP contribution < -0.4 is 0 Å². The molecule has 0 atom stereocenters. The topological polar surface area (TPSA) is 51.4 Å². The summed E-state index contributed by atoms with van der Waals surface area (Å²) in [6.07, 6.45) is 3.16. The molecule has 0 bridgehead atoms. The molecule has 0 radical (unpaired) electrons. The fourth-order valence-corrected chi connectivity index (χ4v) is 2.79. The van der Waals surface area contributed by atoms with Crippen LogP contribution in [0.4, 0.5) is 0 Å². The van der Waals surface area contributed by atoms with Crippen molar-refractivity contribution in [2.75, 3.05) is 6.26 Å². The second kappa shape index (κ2) is 5.50. The van der Waals surface area contributed by atoms with Crippen molar-refractivity contribution in [3.63, 3.8) is 0 Å². The van der Waals surface area contributed by atoms with E-state index in [1.165, 1.54) is 6.26 Å². The van der Waals surface area contributed by atoms with Gasteiger partial charge in [-0.15, -0.1) is 12.4 Å². The number of sulfone groups is 1. The molecule has 3 aromatic rings. The quantitative estimate of drug-likeness (QED) is 0.728. The second-order valence-corrected chi connectivity index (χ2v) is 6.83. The van der Waals surface area contributed by atoms with Crippen LogP contribution in [0.1, 0.15) is 5.69 Å². The van der Waals surface area contributed by atoms with Gasteiger partial charge in [-0.1, -0.05) is 18.2 Å². The molecule has 2 aromatic heterocycles. The first-order valence-electron chi connectivity index (χ1n) is 6.20. The van der Waals surface area contributed by atoms with Gasteiger partial charge in [-0.05, 0) is 31.2 Å². The minimum absolute atomic E-state index is 0. The van der Waals surface area contributed by atoms with E-state index in [1.807, 2.05) is 35.7 Å². The van der Waals surface area contributed by atoms with E-state index < -0.39 is 9.84 Å². The molecule has 2 heterocycles. The van der Waals surface area contributed by atoms with Gasteiger partial charge in [-0.2, -0.15) is 0 Å². The van der Waals surface area contributed by atoms with Crippen LogP contribution in [0.2, 0.25) is 0 Å². The summed E-state index contributed by atoms with van der Waals surface area (Å²) in [5.74, 6) is 0. The third-order valence-corrected chi connectivity index (χ3v) is 4.40. The predicted molar refractivity (Wildman–Crippen MR) is 85.7 cm³/mol. The Balaban J connectivity index is 0.00000161. The van der Waals surface area contributed by atoms with Crippen LogP contribution >= 0.6 is 12.4 Å². The molecule has 3 rings (SSSR count). The van der Waals surface area contributed by atoms with E-state index in [4.69, 9.17) is 0 Å². The molecule has 0 saturated heterocycles. The lowest BCUT2D eigenvalue weighted by molar-refractivity contribution is 0.602. The largest absolute Gasteiger partial charge is 0.304 e. The predicted octanol–water partition coefficient (Wildman–Crippen LogP) is 3.14. The molecule has 110 valence electrons. The summed E-state index contributed by atoms with van der Waals surface area (Å²) in [5.41, 5.74) is 3.72. The number of rotatable bonds is 2. The highest BCUT2D eigenvalue weighted by atomic mass is 35.5. The average molecular weight is 323 g/mol. The molecule has 0 fully saturated rings. The van der Waals surface area contributed by atoms with Crippen molar-refractivity contribution in [1.29, 1.82) is 0 Å². The first-order chi connectivity index (χ1) is 9.45. The number of halogens is 1. The Morgan fingerprint density at radius 1 is 1.05 bits per heavy atom. The van der Waals surface area contributed by atoms with Gasteiger partial charge in [0.05, 0.1) is 10.6 Å². The van der Waals surface area contributed by atoms with E-state index in [-0.39, 0.29) is 12.4 Å². The molecule has 0 amide bonds. The van der Waals surface area contributed by atoms with Crippen LogP contribution in [0.25, 0.3) is 16.9 Å². The molecular formula is C15H15ClN2O2S. The van der Waals surface area contributed by atoms with Crippen molar-refractivity contribution < 1.29 is 8.42 Å². The van der Waals surface area contributed by atoms with Crippen molar-refractivity contribution in [1.82, 2.24) is 9.38 Å². The lowest BCUT2D eigenvalue weighted by atomic mass is 10.2. The maximum atomic E-state index is 11.4. The monoisotopic (exact) mass is 322 g/mol. The number of nitrogens with zero attached hydrogens (tertiary/aromatic N) is 2. The second-order valence-electron chi connectivity index (χ2n) is 4.82. The molecule has 0 aliphatic heterocycles. The van der Waals surface area contributed by atoms with Crippen molar-refractivity contribution in [2.24, 2.45) is 0 Å². The number of benzene rings is 1. The van der Waals surface area contributed by atoms with Crippen LogP contribution in [-0.4, -0.2) is 24.1 Å². The molecule has 0 aliphatic rings. The van der Waals surface area contributed by atoms with Gasteiger partial charge >= 0.3 is 0 Å². The van der Waals surface area contributed by atoms with E-state index in [0.717, 1.165) is 22.6 Å². The lowest BCUT2D eigenvalue weighted by Crippen LogP contribution is -1.96. The number of aryl methyl sites for hydroxylation is 1. The Labute approximate surface area is 129 Å². The standard InChI is InChI=1S/C15H14N2O2S.ClH/c1-11-4-3-5-15-16-14(10-17(11)15)12-6-8-13(9-7-12)20(2,18)19;/h3-10H,1-2H3;1H. The number of pyridine rings is 1. The Hall–Kier alpha value is -1.85. The average Bonchev–Trinajstić information content (AvgIpc) is 2.83. The highest BCUT2D eigenvalue weighted by molar-refractivity contribution is 7.90. The van der Waals surface area contributed by atoms with E-state index in [0.29, 0.717) is 4.90 Å². The summed E-state index contributed by atoms with van der Waals surface area (Å²) in [5, 5.41) is 0. The summed E-state index contributed by atoms with van der Waals surface area (Å²) in [4.78, 5) is 4.87. The van der Waals surface area contributed by atoms with Crippen LogP contribution in [0.3, 0.4) is 0 Å². The third-order valence-electron chi connectivity index (χ3n) is 3.27. The number of imidazole rings is 1. The Kier molecular flexibility index (Phi) is 4.07. The van der Waals surface area contributed by atoms with Crippen molar-refractivity contribution in [3.05, 3.63) is 54.4 Å². The van der Waals surface area contributed by atoms with Gasteiger partial charge in [-0.3, -0.25) is 0 Å². The molecule has 1 aromatic carbocycles. The van der Waals surface area contributed by atoms with Crippen LogP contribution in [0, 0.1) is 6.92 Å². The fourth-order valence-electron chi connectivity index (χ4n) is 2.16.